The second-order valence-electron chi connectivity index (χ2n) is 4.36. The maximum absolute atomic E-state index is 7.84. The van der Waals surface area contributed by atoms with Gasteiger partial charge in [0.2, 0.25) is 0 Å². The number of methoxy groups -OCH3 is 1. The number of nitrogens with zero attached hydrogens (tertiary/aromatic N) is 1. The number of rotatable bonds is 7. The number of ether oxygens (including phenoxy) is 1. The molecule has 0 aliphatic carbocycles. The van der Waals surface area contributed by atoms with E-state index in [1.165, 1.54) is 0 Å². The smallest absolute Gasteiger partial charge is 0.126 e. The molecule has 1 aromatic rings. The Morgan fingerprint density at radius 3 is 2.68 bits per heavy atom. The number of amidine groups is 1. The van der Waals surface area contributed by atoms with Gasteiger partial charge in [-0.2, -0.15) is 0 Å². The van der Waals surface area contributed by atoms with E-state index in [2.05, 4.69) is 18.7 Å². The van der Waals surface area contributed by atoms with Crippen LogP contribution in [-0.2, 0) is 4.74 Å². The van der Waals surface area contributed by atoms with Crippen LogP contribution in [0, 0.1) is 5.41 Å². The van der Waals surface area contributed by atoms with Gasteiger partial charge in [0.1, 0.15) is 5.84 Å². The highest BCUT2D eigenvalue weighted by molar-refractivity contribution is 7.98. The van der Waals surface area contributed by atoms with Crippen LogP contribution in [0.2, 0.25) is 0 Å². The summed E-state index contributed by atoms with van der Waals surface area (Å²) in [5.74, 6) is 0.114. The molecular weight excluding hydrogens is 258 g/mol. The number of hydrogen-bond donors (Lipinski definition) is 2. The van der Waals surface area contributed by atoms with Crippen molar-refractivity contribution >= 4 is 23.3 Å². The van der Waals surface area contributed by atoms with Crippen molar-refractivity contribution in [3.63, 3.8) is 0 Å². The Morgan fingerprint density at radius 2 is 2.21 bits per heavy atom. The summed E-state index contributed by atoms with van der Waals surface area (Å²) < 4.78 is 5.23. The molecule has 0 aliphatic heterocycles. The Kier molecular flexibility index (Phi) is 6.18. The third kappa shape index (κ3) is 3.64. The van der Waals surface area contributed by atoms with Crippen LogP contribution in [0.1, 0.15) is 19.4 Å². The van der Waals surface area contributed by atoms with Gasteiger partial charge in [0.25, 0.3) is 0 Å². The van der Waals surface area contributed by atoms with Crippen molar-refractivity contribution in [3.8, 4) is 0 Å². The van der Waals surface area contributed by atoms with E-state index in [9.17, 15) is 0 Å². The van der Waals surface area contributed by atoms with Crippen LogP contribution in [0.25, 0.3) is 0 Å². The first-order valence-electron chi connectivity index (χ1n) is 6.33. The zero-order valence-corrected chi connectivity index (χ0v) is 12.9. The maximum atomic E-state index is 7.84. The third-order valence-corrected chi connectivity index (χ3v) is 3.86. The minimum absolute atomic E-state index is 0.114. The first-order valence-corrected chi connectivity index (χ1v) is 7.56. The monoisotopic (exact) mass is 281 g/mol. The zero-order chi connectivity index (χ0) is 14.4. The first-order chi connectivity index (χ1) is 9.06. The molecular formula is C14H23N3OS. The number of anilines is 1. The van der Waals surface area contributed by atoms with Crippen molar-refractivity contribution in [3.05, 3.63) is 23.8 Å². The molecule has 19 heavy (non-hydrogen) atoms. The normalized spacial score (nSPS) is 12.2. The standard InChI is InChI=1S/C14H23N3OS/c1-5-17(10(2)9-18-3)11-7-6-8-12(19-4)13(11)14(15)16/h6-8,10H,5,9H2,1-4H3,(H3,15,16). The molecule has 0 bridgehead atoms. The van der Waals surface area contributed by atoms with E-state index in [0.717, 1.165) is 22.7 Å². The summed E-state index contributed by atoms with van der Waals surface area (Å²) in [5.41, 5.74) is 7.59. The van der Waals surface area contributed by atoms with Crippen molar-refractivity contribution in [2.45, 2.75) is 24.8 Å². The quantitative estimate of drug-likeness (QED) is 0.458. The molecule has 1 atom stereocenters. The Labute approximate surface area is 119 Å². The molecule has 0 spiro atoms. The third-order valence-electron chi connectivity index (χ3n) is 3.08. The molecule has 0 heterocycles. The molecule has 0 aromatic heterocycles. The van der Waals surface area contributed by atoms with Gasteiger partial charge in [-0.15, -0.1) is 11.8 Å². The molecule has 0 fully saturated rings. The molecule has 0 saturated heterocycles. The summed E-state index contributed by atoms with van der Waals surface area (Å²) in [5, 5.41) is 7.84. The van der Waals surface area contributed by atoms with Gasteiger partial charge < -0.3 is 15.4 Å². The van der Waals surface area contributed by atoms with Gasteiger partial charge in [0.05, 0.1) is 12.2 Å². The molecule has 0 amide bonds. The van der Waals surface area contributed by atoms with E-state index >= 15 is 0 Å². The average Bonchev–Trinajstić information content (AvgIpc) is 2.39. The summed E-state index contributed by atoms with van der Waals surface area (Å²) in [6.07, 6.45) is 2.00. The summed E-state index contributed by atoms with van der Waals surface area (Å²) in [6.45, 7) is 5.71. The zero-order valence-electron chi connectivity index (χ0n) is 12.1. The fourth-order valence-corrected chi connectivity index (χ4v) is 2.88. The van der Waals surface area contributed by atoms with Crippen LogP contribution in [0.3, 0.4) is 0 Å². The number of thioether (sulfide) groups is 1. The van der Waals surface area contributed by atoms with E-state index in [1.54, 1.807) is 18.9 Å². The Hall–Kier alpha value is -1.20. The summed E-state index contributed by atoms with van der Waals surface area (Å²) >= 11 is 1.61. The lowest BCUT2D eigenvalue weighted by molar-refractivity contribution is 0.182. The van der Waals surface area contributed by atoms with Crippen molar-refractivity contribution in [2.75, 3.05) is 31.4 Å². The van der Waals surface area contributed by atoms with Gasteiger partial charge in [-0.05, 0) is 32.2 Å². The van der Waals surface area contributed by atoms with Crippen molar-refractivity contribution in [1.82, 2.24) is 0 Å². The average molecular weight is 281 g/mol. The number of nitrogens with one attached hydrogen (secondary N) is 1. The SMILES string of the molecule is CCN(c1cccc(SC)c1C(=N)N)C(C)COC. The Balaban J connectivity index is 3.26. The minimum Gasteiger partial charge on any atom is -0.384 e. The van der Waals surface area contributed by atoms with E-state index in [1.807, 2.05) is 24.5 Å². The van der Waals surface area contributed by atoms with E-state index in [4.69, 9.17) is 15.9 Å². The molecule has 5 heteroatoms. The van der Waals surface area contributed by atoms with Gasteiger partial charge in [-0.3, -0.25) is 5.41 Å². The minimum atomic E-state index is 0.114. The summed E-state index contributed by atoms with van der Waals surface area (Å²) in [6, 6.07) is 6.27. The van der Waals surface area contributed by atoms with Gasteiger partial charge in [0.15, 0.2) is 0 Å². The van der Waals surface area contributed by atoms with E-state index < -0.39 is 0 Å². The van der Waals surface area contributed by atoms with Crippen LogP contribution in [0.5, 0.6) is 0 Å². The van der Waals surface area contributed by atoms with Crippen LogP contribution in [0.15, 0.2) is 23.1 Å². The molecule has 3 N–H and O–H groups in total. The molecule has 1 unspecified atom stereocenters. The lowest BCUT2D eigenvalue weighted by atomic mass is 10.1. The predicted octanol–water partition coefficient (Wildman–Crippen LogP) is 2.55. The Morgan fingerprint density at radius 1 is 1.53 bits per heavy atom. The van der Waals surface area contributed by atoms with Crippen LogP contribution in [-0.4, -0.2) is 38.4 Å². The number of nitrogen functional groups attached to an aromatic ring is 1. The fraction of sp³-hybridized carbons (Fsp3) is 0.500. The predicted molar refractivity (Wildman–Crippen MR) is 83.6 cm³/mol. The molecule has 4 nitrogen and oxygen atoms in total. The Bertz CT molecular complexity index is 437. The molecule has 0 saturated carbocycles. The lowest BCUT2D eigenvalue weighted by Gasteiger charge is -2.32. The number of likely N-dealkylation sites (N-methyl/N-ethyl adjacent to an activating group) is 1. The number of hydrogen-bond acceptors (Lipinski definition) is 4. The molecule has 0 aliphatic rings. The second kappa shape index (κ2) is 7.40. The molecule has 1 rings (SSSR count). The van der Waals surface area contributed by atoms with Crippen molar-refractivity contribution in [1.29, 1.82) is 5.41 Å². The number of nitrogens with two attached hydrogens (primary N) is 1. The van der Waals surface area contributed by atoms with Gasteiger partial charge >= 0.3 is 0 Å². The fourth-order valence-electron chi connectivity index (χ4n) is 2.25. The maximum Gasteiger partial charge on any atom is 0.126 e. The van der Waals surface area contributed by atoms with Gasteiger partial charge in [0, 0.05) is 30.3 Å². The van der Waals surface area contributed by atoms with Gasteiger partial charge in [-0.1, -0.05) is 6.07 Å². The van der Waals surface area contributed by atoms with Crippen LogP contribution in [0.4, 0.5) is 5.69 Å². The first kappa shape index (κ1) is 15.9. The highest BCUT2D eigenvalue weighted by atomic mass is 32.2. The molecule has 1 aromatic carbocycles. The number of benzene rings is 1. The summed E-state index contributed by atoms with van der Waals surface area (Å²) in [4.78, 5) is 3.26. The van der Waals surface area contributed by atoms with Crippen LogP contribution >= 0.6 is 11.8 Å². The highest BCUT2D eigenvalue weighted by Gasteiger charge is 2.19. The second-order valence-corrected chi connectivity index (χ2v) is 5.21. The molecule has 106 valence electrons. The lowest BCUT2D eigenvalue weighted by Crippen LogP contribution is -2.37. The largest absolute Gasteiger partial charge is 0.384 e. The summed E-state index contributed by atoms with van der Waals surface area (Å²) in [7, 11) is 1.70. The van der Waals surface area contributed by atoms with E-state index in [-0.39, 0.29) is 11.9 Å². The van der Waals surface area contributed by atoms with Crippen molar-refractivity contribution in [2.24, 2.45) is 5.73 Å². The topological polar surface area (TPSA) is 62.3 Å². The molecule has 0 radical (unpaired) electrons. The highest BCUT2D eigenvalue weighted by Crippen LogP contribution is 2.30. The van der Waals surface area contributed by atoms with Crippen molar-refractivity contribution < 1.29 is 4.74 Å². The van der Waals surface area contributed by atoms with Crippen LogP contribution < -0.4 is 10.6 Å². The van der Waals surface area contributed by atoms with E-state index in [0.29, 0.717) is 6.61 Å². The van der Waals surface area contributed by atoms with Gasteiger partial charge in [-0.25, -0.2) is 0 Å².